The molecule has 0 aromatic heterocycles. The van der Waals surface area contributed by atoms with Crippen LogP contribution in [0.2, 0.25) is 0 Å². The van der Waals surface area contributed by atoms with Crippen LogP contribution in [0.25, 0.3) is 0 Å². The standard InChI is InChI=1S/C14H20BrNO4S/c1-10-6-12(9-17)7-13(14(10)15)21(18,19)16-8-11-2-4-20-5-3-11/h6-7,11,16-17H,2-5,8-9H2,1H3. The second-order valence-electron chi connectivity index (χ2n) is 5.29. The molecule has 0 saturated carbocycles. The Morgan fingerprint density at radius 2 is 2.05 bits per heavy atom. The van der Waals surface area contributed by atoms with Crippen LogP contribution in [0, 0.1) is 12.8 Å². The first-order valence-electron chi connectivity index (χ1n) is 6.91. The van der Waals surface area contributed by atoms with Crippen LogP contribution in [-0.2, 0) is 21.4 Å². The van der Waals surface area contributed by atoms with Crippen molar-refractivity contribution in [3.05, 3.63) is 27.7 Å². The number of hydrogen-bond donors (Lipinski definition) is 2. The third-order valence-electron chi connectivity index (χ3n) is 3.66. The lowest BCUT2D eigenvalue weighted by atomic mass is 10.0. The Labute approximate surface area is 133 Å². The first kappa shape index (κ1) is 16.9. The number of aliphatic hydroxyl groups is 1. The maximum absolute atomic E-state index is 12.5. The van der Waals surface area contributed by atoms with Gasteiger partial charge in [0.2, 0.25) is 10.0 Å². The van der Waals surface area contributed by atoms with E-state index < -0.39 is 10.0 Å². The SMILES string of the molecule is Cc1cc(CO)cc(S(=O)(=O)NCC2CCOCC2)c1Br. The van der Waals surface area contributed by atoms with Gasteiger partial charge in [-0.05, 0) is 58.8 Å². The van der Waals surface area contributed by atoms with Crippen molar-refractivity contribution in [1.29, 1.82) is 0 Å². The zero-order valence-electron chi connectivity index (χ0n) is 11.9. The Bertz CT molecular complexity index is 597. The van der Waals surface area contributed by atoms with Crippen molar-refractivity contribution in [3.63, 3.8) is 0 Å². The number of sulfonamides is 1. The number of aryl methyl sites for hydroxylation is 1. The molecular formula is C14H20BrNO4S. The highest BCUT2D eigenvalue weighted by atomic mass is 79.9. The number of nitrogens with one attached hydrogen (secondary N) is 1. The Kier molecular flexibility index (Phi) is 5.79. The van der Waals surface area contributed by atoms with Crippen LogP contribution >= 0.6 is 15.9 Å². The van der Waals surface area contributed by atoms with E-state index >= 15 is 0 Å². The highest BCUT2D eigenvalue weighted by Gasteiger charge is 2.22. The molecule has 1 aliphatic rings. The highest BCUT2D eigenvalue weighted by molar-refractivity contribution is 9.10. The highest BCUT2D eigenvalue weighted by Crippen LogP contribution is 2.27. The molecule has 5 nitrogen and oxygen atoms in total. The lowest BCUT2D eigenvalue weighted by Gasteiger charge is -2.22. The van der Waals surface area contributed by atoms with Gasteiger partial charge in [-0.2, -0.15) is 0 Å². The minimum absolute atomic E-state index is 0.179. The first-order chi connectivity index (χ1) is 9.94. The molecule has 2 N–H and O–H groups in total. The van der Waals surface area contributed by atoms with Crippen LogP contribution in [0.1, 0.15) is 24.0 Å². The Hall–Kier alpha value is -0.470. The maximum atomic E-state index is 12.5. The summed E-state index contributed by atoms with van der Waals surface area (Å²) in [6, 6.07) is 3.27. The number of aliphatic hydroxyl groups excluding tert-OH is 1. The predicted octanol–water partition coefficient (Wildman–Crippen LogP) is 1.95. The first-order valence-corrected chi connectivity index (χ1v) is 9.19. The molecule has 0 amide bonds. The van der Waals surface area contributed by atoms with Gasteiger partial charge in [0.05, 0.1) is 11.5 Å². The van der Waals surface area contributed by atoms with Crippen LogP contribution < -0.4 is 4.72 Å². The van der Waals surface area contributed by atoms with Crippen molar-refractivity contribution in [2.75, 3.05) is 19.8 Å². The molecule has 118 valence electrons. The Balaban J connectivity index is 2.16. The quantitative estimate of drug-likeness (QED) is 0.822. The summed E-state index contributed by atoms with van der Waals surface area (Å²) in [7, 11) is -3.59. The van der Waals surface area contributed by atoms with Gasteiger partial charge < -0.3 is 9.84 Å². The summed E-state index contributed by atoms with van der Waals surface area (Å²) in [4.78, 5) is 0.179. The lowest BCUT2D eigenvalue weighted by Crippen LogP contribution is -2.32. The average Bonchev–Trinajstić information content (AvgIpc) is 2.48. The van der Waals surface area contributed by atoms with Gasteiger partial charge in [-0.3, -0.25) is 0 Å². The molecule has 0 spiro atoms. The smallest absolute Gasteiger partial charge is 0.241 e. The van der Waals surface area contributed by atoms with Crippen LogP contribution in [0.3, 0.4) is 0 Å². The molecule has 21 heavy (non-hydrogen) atoms. The summed E-state index contributed by atoms with van der Waals surface area (Å²) < 4.78 is 33.4. The van der Waals surface area contributed by atoms with Gasteiger partial charge in [-0.25, -0.2) is 13.1 Å². The molecular weight excluding hydrogens is 358 g/mol. The van der Waals surface area contributed by atoms with Crippen LogP contribution in [0.5, 0.6) is 0 Å². The molecule has 0 atom stereocenters. The molecule has 0 bridgehead atoms. The Morgan fingerprint density at radius 3 is 2.67 bits per heavy atom. The zero-order valence-corrected chi connectivity index (χ0v) is 14.3. The molecule has 0 unspecified atom stereocenters. The van der Waals surface area contributed by atoms with Gasteiger partial charge in [0.25, 0.3) is 0 Å². The molecule has 1 fully saturated rings. The van der Waals surface area contributed by atoms with Gasteiger partial charge >= 0.3 is 0 Å². The van der Waals surface area contributed by atoms with E-state index in [2.05, 4.69) is 20.7 Å². The van der Waals surface area contributed by atoms with Gasteiger partial charge in [-0.15, -0.1) is 0 Å². The van der Waals surface area contributed by atoms with E-state index in [1.807, 2.05) is 0 Å². The third kappa shape index (κ3) is 4.26. The van der Waals surface area contributed by atoms with E-state index in [9.17, 15) is 13.5 Å². The second kappa shape index (κ2) is 7.19. The predicted molar refractivity (Wildman–Crippen MR) is 83.5 cm³/mol. The van der Waals surface area contributed by atoms with E-state index in [4.69, 9.17) is 4.74 Å². The monoisotopic (exact) mass is 377 g/mol. The van der Waals surface area contributed by atoms with E-state index in [-0.39, 0.29) is 11.5 Å². The van der Waals surface area contributed by atoms with Gasteiger partial charge in [-0.1, -0.05) is 6.07 Å². The topological polar surface area (TPSA) is 75.6 Å². The van der Waals surface area contributed by atoms with Crippen LogP contribution in [0.4, 0.5) is 0 Å². The number of hydrogen-bond acceptors (Lipinski definition) is 4. The van der Waals surface area contributed by atoms with Crippen molar-refractivity contribution < 1.29 is 18.3 Å². The second-order valence-corrected chi connectivity index (χ2v) is 7.82. The number of ether oxygens (including phenoxy) is 1. The fourth-order valence-electron chi connectivity index (χ4n) is 2.35. The van der Waals surface area contributed by atoms with Crippen molar-refractivity contribution in [2.45, 2.75) is 31.3 Å². The van der Waals surface area contributed by atoms with Crippen molar-refractivity contribution in [3.8, 4) is 0 Å². The van der Waals surface area contributed by atoms with E-state index in [1.54, 1.807) is 13.0 Å². The van der Waals surface area contributed by atoms with Crippen LogP contribution in [0.15, 0.2) is 21.5 Å². The molecule has 2 rings (SSSR count). The normalized spacial score (nSPS) is 17.1. The van der Waals surface area contributed by atoms with Gasteiger partial charge in [0, 0.05) is 24.2 Å². The van der Waals surface area contributed by atoms with Gasteiger partial charge in [0.1, 0.15) is 0 Å². The lowest BCUT2D eigenvalue weighted by molar-refractivity contribution is 0.0678. The molecule has 1 aliphatic heterocycles. The largest absolute Gasteiger partial charge is 0.392 e. The van der Waals surface area contributed by atoms with Gasteiger partial charge in [0.15, 0.2) is 0 Å². The molecule has 7 heteroatoms. The Morgan fingerprint density at radius 1 is 1.38 bits per heavy atom. The van der Waals surface area contributed by atoms with E-state index in [0.717, 1.165) is 18.4 Å². The molecule has 1 heterocycles. The summed E-state index contributed by atoms with van der Waals surface area (Å²) in [6.45, 7) is 3.42. The van der Waals surface area contributed by atoms with E-state index in [1.165, 1.54) is 6.07 Å². The fraction of sp³-hybridized carbons (Fsp3) is 0.571. The maximum Gasteiger partial charge on any atom is 0.241 e. The molecule has 1 aromatic carbocycles. The minimum atomic E-state index is -3.59. The summed E-state index contributed by atoms with van der Waals surface area (Å²) in [6.07, 6.45) is 1.75. The summed E-state index contributed by atoms with van der Waals surface area (Å²) in [5.41, 5.74) is 1.37. The summed E-state index contributed by atoms with van der Waals surface area (Å²) in [5, 5.41) is 9.23. The van der Waals surface area contributed by atoms with E-state index in [0.29, 0.717) is 35.7 Å². The molecule has 0 radical (unpaired) electrons. The summed E-state index contributed by atoms with van der Waals surface area (Å²) in [5.74, 6) is 0.314. The molecule has 1 saturated heterocycles. The molecule has 1 aromatic rings. The van der Waals surface area contributed by atoms with Crippen molar-refractivity contribution >= 4 is 26.0 Å². The summed E-state index contributed by atoms with van der Waals surface area (Å²) >= 11 is 3.32. The number of rotatable bonds is 5. The minimum Gasteiger partial charge on any atom is -0.392 e. The fourth-order valence-corrected chi connectivity index (χ4v) is 4.53. The third-order valence-corrected chi connectivity index (χ3v) is 6.42. The van der Waals surface area contributed by atoms with Crippen LogP contribution in [-0.4, -0.2) is 33.3 Å². The zero-order chi connectivity index (χ0) is 15.5. The number of halogens is 1. The average molecular weight is 378 g/mol. The van der Waals surface area contributed by atoms with Crippen molar-refractivity contribution in [1.82, 2.24) is 4.72 Å². The van der Waals surface area contributed by atoms with Crippen molar-refractivity contribution in [2.24, 2.45) is 5.92 Å². The molecule has 0 aliphatic carbocycles. The number of benzene rings is 1.